The molecule has 1 radical (unpaired) electrons. The minimum absolute atomic E-state index is 0.213. The first-order valence-electron chi connectivity index (χ1n) is 4.72. The summed E-state index contributed by atoms with van der Waals surface area (Å²) in [6.07, 6.45) is 5.47. The molecule has 0 aromatic carbocycles. The Kier molecular flexibility index (Phi) is 4.29. The van der Waals surface area contributed by atoms with Gasteiger partial charge in [-0.15, -0.1) is 0 Å². The molecule has 1 aliphatic heterocycles. The van der Waals surface area contributed by atoms with Crippen LogP contribution in [-0.2, 0) is 9.59 Å². The number of nitrogens with zero attached hydrogens (tertiary/aromatic N) is 1. The summed E-state index contributed by atoms with van der Waals surface area (Å²) < 4.78 is 0. The maximum absolute atomic E-state index is 11.4. The Bertz CT molecular complexity index is 182. The Morgan fingerprint density at radius 1 is 1.38 bits per heavy atom. The Labute approximate surface area is 78.3 Å². The molecule has 4 heteroatoms. The predicted octanol–water partition coefficient (Wildman–Crippen LogP) is 0.0458. The van der Waals surface area contributed by atoms with Gasteiger partial charge in [0, 0.05) is 26.1 Å². The standard InChI is InChI=1S/C9H15N2O2/c12-8-10-5-7-11-6-3-1-2-4-9(11)13/h1-7H2,(H,10,12). The van der Waals surface area contributed by atoms with Crippen LogP contribution in [0.4, 0.5) is 0 Å². The van der Waals surface area contributed by atoms with Crippen molar-refractivity contribution in [3.05, 3.63) is 0 Å². The van der Waals surface area contributed by atoms with Crippen LogP contribution in [0.25, 0.3) is 0 Å². The Balaban J connectivity index is 2.27. The van der Waals surface area contributed by atoms with Crippen molar-refractivity contribution in [3.63, 3.8) is 0 Å². The maximum atomic E-state index is 11.4. The summed E-state index contributed by atoms with van der Waals surface area (Å²) in [7, 11) is 0. The minimum atomic E-state index is 0.213. The average Bonchev–Trinajstić information content (AvgIpc) is 2.32. The smallest absolute Gasteiger partial charge is 0.309 e. The molecule has 1 rings (SSSR count). The van der Waals surface area contributed by atoms with Crippen LogP contribution in [-0.4, -0.2) is 36.9 Å². The van der Waals surface area contributed by atoms with Crippen molar-refractivity contribution < 1.29 is 9.59 Å². The summed E-state index contributed by atoms with van der Waals surface area (Å²) in [5, 5.41) is 2.44. The van der Waals surface area contributed by atoms with Gasteiger partial charge in [-0.25, -0.2) is 0 Å². The topological polar surface area (TPSA) is 49.4 Å². The van der Waals surface area contributed by atoms with Crippen molar-refractivity contribution >= 4 is 12.3 Å². The molecule has 1 aliphatic rings. The summed E-state index contributed by atoms with van der Waals surface area (Å²) in [6.45, 7) is 1.96. The van der Waals surface area contributed by atoms with Crippen molar-refractivity contribution in [1.29, 1.82) is 0 Å². The third-order valence-electron chi connectivity index (χ3n) is 2.25. The molecular weight excluding hydrogens is 168 g/mol. The van der Waals surface area contributed by atoms with Gasteiger partial charge in [-0.3, -0.25) is 9.59 Å². The van der Waals surface area contributed by atoms with Gasteiger partial charge in [0.25, 0.3) is 0 Å². The average molecular weight is 183 g/mol. The zero-order valence-electron chi connectivity index (χ0n) is 7.71. The van der Waals surface area contributed by atoms with Gasteiger partial charge in [-0.1, -0.05) is 6.42 Å². The van der Waals surface area contributed by atoms with E-state index in [1.165, 1.54) is 0 Å². The quantitative estimate of drug-likeness (QED) is 0.494. The molecule has 1 fully saturated rings. The lowest BCUT2D eigenvalue weighted by Gasteiger charge is -2.19. The van der Waals surface area contributed by atoms with Gasteiger partial charge in [-0.05, 0) is 12.8 Å². The number of hydrogen-bond acceptors (Lipinski definition) is 2. The fourth-order valence-corrected chi connectivity index (χ4v) is 1.52. The summed E-state index contributed by atoms with van der Waals surface area (Å²) >= 11 is 0. The lowest BCUT2D eigenvalue weighted by Crippen LogP contribution is -2.36. The van der Waals surface area contributed by atoms with E-state index >= 15 is 0 Å². The van der Waals surface area contributed by atoms with Crippen molar-refractivity contribution in [3.8, 4) is 0 Å². The van der Waals surface area contributed by atoms with Crippen molar-refractivity contribution in [1.82, 2.24) is 10.2 Å². The van der Waals surface area contributed by atoms with Crippen molar-refractivity contribution in [2.45, 2.75) is 25.7 Å². The molecule has 0 saturated carbocycles. The number of carbonyl (C=O) groups is 1. The maximum Gasteiger partial charge on any atom is 0.309 e. The Morgan fingerprint density at radius 2 is 2.23 bits per heavy atom. The second kappa shape index (κ2) is 5.56. The molecule has 0 bridgehead atoms. The van der Waals surface area contributed by atoms with Crippen molar-refractivity contribution in [2.24, 2.45) is 0 Å². The molecule has 0 aliphatic carbocycles. The first-order valence-corrected chi connectivity index (χ1v) is 4.72. The third-order valence-corrected chi connectivity index (χ3v) is 2.25. The molecule has 13 heavy (non-hydrogen) atoms. The summed E-state index contributed by atoms with van der Waals surface area (Å²) in [6, 6.07) is 0. The van der Waals surface area contributed by atoms with Gasteiger partial charge in [-0.2, -0.15) is 0 Å². The highest BCUT2D eigenvalue weighted by Crippen LogP contribution is 2.10. The molecule has 1 N–H and O–H groups in total. The first-order chi connectivity index (χ1) is 6.34. The summed E-state index contributed by atoms with van der Waals surface area (Å²) in [5.74, 6) is 0.213. The van der Waals surface area contributed by atoms with E-state index in [4.69, 9.17) is 0 Å². The van der Waals surface area contributed by atoms with E-state index in [0.717, 1.165) is 25.8 Å². The number of likely N-dealkylation sites (tertiary alicyclic amines) is 1. The summed E-state index contributed by atoms with van der Waals surface area (Å²) in [5.41, 5.74) is 0. The normalized spacial score (nSPS) is 18.2. The van der Waals surface area contributed by atoms with Crippen LogP contribution in [0.15, 0.2) is 0 Å². The number of nitrogens with one attached hydrogen (secondary N) is 1. The minimum Gasteiger partial charge on any atom is -0.346 e. The predicted molar refractivity (Wildman–Crippen MR) is 48.7 cm³/mol. The molecule has 4 nitrogen and oxygen atoms in total. The lowest BCUT2D eigenvalue weighted by molar-refractivity contribution is -0.130. The number of amides is 2. The molecule has 1 heterocycles. The molecule has 0 aromatic rings. The first kappa shape index (κ1) is 10.0. The van der Waals surface area contributed by atoms with E-state index in [-0.39, 0.29) is 5.91 Å². The lowest BCUT2D eigenvalue weighted by atomic mass is 10.2. The Hall–Kier alpha value is -1.06. The van der Waals surface area contributed by atoms with Crippen LogP contribution >= 0.6 is 0 Å². The molecule has 73 valence electrons. The van der Waals surface area contributed by atoms with Gasteiger partial charge in [0.1, 0.15) is 0 Å². The van der Waals surface area contributed by atoms with Gasteiger partial charge in [0.05, 0.1) is 0 Å². The SMILES string of the molecule is O=[C]NCCN1CCCCCC1=O. The van der Waals surface area contributed by atoms with Crippen LogP contribution in [0.5, 0.6) is 0 Å². The van der Waals surface area contributed by atoms with Gasteiger partial charge < -0.3 is 10.2 Å². The molecule has 1 saturated heterocycles. The highest BCUT2D eigenvalue weighted by molar-refractivity contribution is 5.76. The van der Waals surface area contributed by atoms with E-state index in [0.29, 0.717) is 19.5 Å². The van der Waals surface area contributed by atoms with E-state index in [9.17, 15) is 9.59 Å². The van der Waals surface area contributed by atoms with Crippen LogP contribution in [0, 0.1) is 0 Å². The van der Waals surface area contributed by atoms with E-state index in [2.05, 4.69) is 5.32 Å². The van der Waals surface area contributed by atoms with E-state index < -0.39 is 0 Å². The largest absolute Gasteiger partial charge is 0.346 e. The van der Waals surface area contributed by atoms with Gasteiger partial charge in [0.15, 0.2) is 0 Å². The third kappa shape index (κ3) is 3.44. The zero-order chi connectivity index (χ0) is 9.52. The Morgan fingerprint density at radius 3 is 3.00 bits per heavy atom. The molecule has 2 amide bonds. The molecule has 0 spiro atoms. The number of carbonyl (C=O) groups excluding carboxylic acids is 2. The van der Waals surface area contributed by atoms with Gasteiger partial charge >= 0.3 is 6.41 Å². The highest BCUT2D eigenvalue weighted by atomic mass is 16.2. The zero-order valence-corrected chi connectivity index (χ0v) is 7.71. The van der Waals surface area contributed by atoms with E-state index in [1.54, 1.807) is 6.41 Å². The molecule has 0 atom stereocenters. The van der Waals surface area contributed by atoms with Gasteiger partial charge in [0.2, 0.25) is 5.91 Å². The second-order valence-corrected chi connectivity index (χ2v) is 3.22. The number of hydrogen-bond donors (Lipinski definition) is 1. The molecular formula is C9H15N2O2. The molecule has 0 unspecified atom stereocenters. The monoisotopic (exact) mass is 183 g/mol. The fourth-order valence-electron chi connectivity index (χ4n) is 1.52. The fraction of sp³-hybridized carbons (Fsp3) is 0.778. The van der Waals surface area contributed by atoms with Crippen molar-refractivity contribution in [2.75, 3.05) is 19.6 Å². The van der Waals surface area contributed by atoms with Crippen LogP contribution < -0.4 is 5.32 Å². The van der Waals surface area contributed by atoms with Crippen LogP contribution in [0.3, 0.4) is 0 Å². The summed E-state index contributed by atoms with van der Waals surface area (Å²) in [4.78, 5) is 23.1. The highest BCUT2D eigenvalue weighted by Gasteiger charge is 2.15. The van der Waals surface area contributed by atoms with Crippen LogP contribution in [0.1, 0.15) is 25.7 Å². The van der Waals surface area contributed by atoms with Crippen LogP contribution in [0.2, 0.25) is 0 Å². The van der Waals surface area contributed by atoms with E-state index in [1.807, 2.05) is 4.90 Å². The number of rotatable bonds is 4. The molecule has 0 aromatic heterocycles. The second-order valence-electron chi connectivity index (χ2n) is 3.22.